The second-order valence-corrected chi connectivity index (χ2v) is 8.45. The van der Waals surface area contributed by atoms with Crippen molar-refractivity contribution in [2.75, 3.05) is 39.3 Å². The van der Waals surface area contributed by atoms with Gasteiger partial charge in [-0.2, -0.15) is 0 Å². The first-order valence-electron chi connectivity index (χ1n) is 10.3. The molecule has 1 N–H and O–H groups in total. The standard InChI is InChI=1S/C23H30N2O3/c1-16-10-24(11-17(2)28-16)12-21-13-25(14-22(21)15-26)23(27)20-8-7-18-5-3-4-6-19(18)9-20/h3-9,16-17,21-22,26H,10-15H2,1-2H3/t16-,17+,21-,22-/m0/s1. The molecule has 2 aromatic rings. The lowest BCUT2D eigenvalue weighted by atomic mass is 9.96. The number of nitrogens with zero attached hydrogens (tertiary/aromatic N) is 2. The van der Waals surface area contributed by atoms with Gasteiger partial charge in [0.1, 0.15) is 0 Å². The van der Waals surface area contributed by atoms with Crippen LogP contribution in [0.25, 0.3) is 10.8 Å². The summed E-state index contributed by atoms with van der Waals surface area (Å²) in [5, 5.41) is 12.1. The number of carbonyl (C=O) groups is 1. The van der Waals surface area contributed by atoms with Crippen molar-refractivity contribution in [1.82, 2.24) is 9.80 Å². The number of morpholine rings is 1. The van der Waals surface area contributed by atoms with Gasteiger partial charge < -0.3 is 14.7 Å². The topological polar surface area (TPSA) is 53.0 Å². The first-order chi connectivity index (χ1) is 13.5. The zero-order chi connectivity index (χ0) is 19.7. The van der Waals surface area contributed by atoms with Crippen LogP contribution >= 0.6 is 0 Å². The van der Waals surface area contributed by atoms with Crippen LogP contribution < -0.4 is 0 Å². The fraction of sp³-hybridized carbons (Fsp3) is 0.522. The van der Waals surface area contributed by atoms with Gasteiger partial charge in [0, 0.05) is 50.8 Å². The molecule has 5 nitrogen and oxygen atoms in total. The normalized spacial score (nSPS) is 28.8. The fourth-order valence-electron chi connectivity index (χ4n) is 4.79. The Labute approximate surface area is 166 Å². The lowest BCUT2D eigenvalue weighted by Gasteiger charge is -2.37. The molecule has 2 heterocycles. The molecule has 2 aliphatic heterocycles. The van der Waals surface area contributed by atoms with E-state index in [1.807, 2.05) is 41.3 Å². The highest BCUT2D eigenvalue weighted by molar-refractivity contribution is 5.98. The number of benzene rings is 2. The Morgan fingerprint density at radius 2 is 1.68 bits per heavy atom. The molecule has 0 saturated carbocycles. The van der Waals surface area contributed by atoms with Crippen LogP contribution in [-0.4, -0.2) is 72.4 Å². The van der Waals surface area contributed by atoms with E-state index in [0.29, 0.717) is 19.0 Å². The number of rotatable bonds is 4. The fourth-order valence-corrected chi connectivity index (χ4v) is 4.79. The van der Waals surface area contributed by atoms with E-state index in [-0.39, 0.29) is 30.6 Å². The lowest BCUT2D eigenvalue weighted by Crippen LogP contribution is -2.48. The monoisotopic (exact) mass is 382 g/mol. The third kappa shape index (κ3) is 4.07. The van der Waals surface area contributed by atoms with Crippen molar-refractivity contribution in [2.45, 2.75) is 26.1 Å². The maximum Gasteiger partial charge on any atom is 0.253 e. The molecule has 1 amide bonds. The van der Waals surface area contributed by atoms with Gasteiger partial charge in [0.05, 0.1) is 12.2 Å². The summed E-state index contributed by atoms with van der Waals surface area (Å²) in [6.45, 7) is 8.41. The molecular formula is C23H30N2O3. The van der Waals surface area contributed by atoms with Gasteiger partial charge in [0.15, 0.2) is 0 Å². The smallest absolute Gasteiger partial charge is 0.253 e. The van der Waals surface area contributed by atoms with Crippen LogP contribution in [0.4, 0.5) is 0 Å². The molecule has 28 heavy (non-hydrogen) atoms. The highest BCUT2D eigenvalue weighted by Gasteiger charge is 2.37. The maximum atomic E-state index is 13.1. The molecule has 0 unspecified atom stereocenters. The quantitative estimate of drug-likeness (QED) is 0.883. The third-order valence-corrected chi connectivity index (χ3v) is 6.08. The summed E-state index contributed by atoms with van der Waals surface area (Å²) in [5.74, 6) is 0.500. The van der Waals surface area contributed by atoms with Crippen molar-refractivity contribution in [3.05, 3.63) is 48.0 Å². The van der Waals surface area contributed by atoms with Gasteiger partial charge in [0.25, 0.3) is 5.91 Å². The molecule has 0 aliphatic carbocycles. The number of carbonyl (C=O) groups excluding carboxylic acids is 1. The van der Waals surface area contributed by atoms with E-state index < -0.39 is 0 Å². The first-order valence-corrected chi connectivity index (χ1v) is 10.3. The predicted octanol–water partition coefficient (Wildman–Crippen LogP) is 2.63. The molecule has 0 spiro atoms. The van der Waals surface area contributed by atoms with Crippen LogP contribution in [0.15, 0.2) is 42.5 Å². The average molecular weight is 383 g/mol. The number of ether oxygens (including phenoxy) is 1. The first kappa shape index (κ1) is 19.4. The Bertz CT molecular complexity index is 829. The minimum absolute atomic E-state index is 0.0652. The highest BCUT2D eigenvalue weighted by Crippen LogP contribution is 2.27. The number of hydrogen-bond acceptors (Lipinski definition) is 4. The molecule has 150 valence electrons. The number of amides is 1. The van der Waals surface area contributed by atoms with Gasteiger partial charge in [-0.25, -0.2) is 0 Å². The van der Waals surface area contributed by atoms with Crippen molar-refractivity contribution < 1.29 is 14.6 Å². The molecular weight excluding hydrogens is 352 g/mol. The number of aliphatic hydroxyl groups excluding tert-OH is 1. The molecule has 0 aromatic heterocycles. The van der Waals surface area contributed by atoms with Crippen LogP contribution in [-0.2, 0) is 4.74 Å². The van der Waals surface area contributed by atoms with E-state index in [4.69, 9.17) is 4.74 Å². The van der Waals surface area contributed by atoms with Gasteiger partial charge in [-0.1, -0.05) is 30.3 Å². The van der Waals surface area contributed by atoms with Crippen LogP contribution in [0, 0.1) is 11.8 Å². The molecule has 4 atom stereocenters. The number of fused-ring (bicyclic) bond motifs is 1. The highest BCUT2D eigenvalue weighted by atomic mass is 16.5. The van der Waals surface area contributed by atoms with Crippen molar-refractivity contribution >= 4 is 16.7 Å². The zero-order valence-electron chi connectivity index (χ0n) is 16.8. The average Bonchev–Trinajstić information content (AvgIpc) is 3.09. The van der Waals surface area contributed by atoms with Gasteiger partial charge in [-0.05, 0) is 42.7 Å². The molecule has 2 fully saturated rings. The molecule has 5 heteroatoms. The third-order valence-electron chi connectivity index (χ3n) is 6.08. The molecule has 2 aromatic carbocycles. The SMILES string of the molecule is C[C@@H]1CN(C[C@H]2CN(C(=O)c3ccc4ccccc4c3)C[C@H]2CO)C[C@H](C)O1. The van der Waals surface area contributed by atoms with Crippen LogP contribution in [0.2, 0.25) is 0 Å². The second-order valence-electron chi connectivity index (χ2n) is 8.45. The van der Waals surface area contributed by atoms with Crippen molar-refractivity contribution in [1.29, 1.82) is 0 Å². The summed E-state index contributed by atoms with van der Waals surface area (Å²) in [6, 6.07) is 14.0. The van der Waals surface area contributed by atoms with Crippen molar-refractivity contribution in [3.63, 3.8) is 0 Å². The van der Waals surface area contributed by atoms with E-state index in [0.717, 1.165) is 36.0 Å². The minimum atomic E-state index is 0.0652. The van der Waals surface area contributed by atoms with Gasteiger partial charge >= 0.3 is 0 Å². The molecule has 0 radical (unpaired) electrons. The number of likely N-dealkylation sites (tertiary alicyclic amines) is 1. The zero-order valence-corrected chi connectivity index (χ0v) is 16.8. The largest absolute Gasteiger partial charge is 0.396 e. The van der Waals surface area contributed by atoms with Crippen molar-refractivity contribution in [2.24, 2.45) is 11.8 Å². The Morgan fingerprint density at radius 1 is 1.00 bits per heavy atom. The second kappa shape index (κ2) is 8.19. The Kier molecular flexibility index (Phi) is 5.67. The van der Waals surface area contributed by atoms with Crippen LogP contribution in [0.3, 0.4) is 0 Å². The van der Waals surface area contributed by atoms with E-state index in [9.17, 15) is 9.90 Å². The molecule has 2 aliphatic rings. The maximum absolute atomic E-state index is 13.1. The van der Waals surface area contributed by atoms with E-state index in [1.165, 1.54) is 0 Å². The van der Waals surface area contributed by atoms with Crippen molar-refractivity contribution in [3.8, 4) is 0 Å². The summed E-state index contributed by atoms with van der Waals surface area (Å²) in [6.07, 6.45) is 0.459. The Balaban J connectivity index is 1.45. The van der Waals surface area contributed by atoms with E-state index in [1.54, 1.807) is 0 Å². The summed E-state index contributed by atoms with van der Waals surface area (Å²) in [4.78, 5) is 17.5. The number of hydrogen-bond donors (Lipinski definition) is 1. The molecule has 4 rings (SSSR count). The Hall–Kier alpha value is -1.95. The van der Waals surface area contributed by atoms with Crippen LogP contribution in [0.1, 0.15) is 24.2 Å². The predicted molar refractivity (Wildman–Crippen MR) is 110 cm³/mol. The van der Waals surface area contributed by atoms with Gasteiger partial charge in [-0.15, -0.1) is 0 Å². The summed E-state index contributed by atoms with van der Waals surface area (Å²) < 4.78 is 5.83. The summed E-state index contributed by atoms with van der Waals surface area (Å²) in [5.41, 5.74) is 0.727. The van der Waals surface area contributed by atoms with Crippen LogP contribution in [0.5, 0.6) is 0 Å². The minimum Gasteiger partial charge on any atom is -0.396 e. The van der Waals surface area contributed by atoms with E-state index >= 15 is 0 Å². The molecule has 0 bridgehead atoms. The molecule has 2 saturated heterocycles. The van der Waals surface area contributed by atoms with Gasteiger partial charge in [0.2, 0.25) is 0 Å². The lowest BCUT2D eigenvalue weighted by molar-refractivity contribution is -0.0726. The summed E-state index contributed by atoms with van der Waals surface area (Å²) in [7, 11) is 0. The number of aliphatic hydroxyl groups is 1. The van der Waals surface area contributed by atoms with E-state index in [2.05, 4.69) is 24.8 Å². The van der Waals surface area contributed by atoms with Gasteiger partial charge in [-0.3, -0.25) is 9.69 Å². The summed E-state index contributed by atoms with van der Waals surface area (Å²) >= 11 is 0. The Morgan fingerprint density at radius 3 is 2.39 bits per heavy atom.